The van der Waals surface area contributed by atoms with Gasteiger partial charge in [0.05, 0.1) is 16.9 Å². The van der Waals surface area contributed by atoms with E-state index in [0.29, 0.717) is 5.71 Å². The van der Waals surface area contributed by atoms with Gasteiger partial charge in [-0.1, -0.05) is 111 Å². The van der Waals surface area contributed by atoms with Crippen molar-refractivity contribution in [1.29, 1.82) is 0 Å². The SMILES string of the molecule is C=C/C=C(\C=C/C)n1c(C=C)c(C=C)c2cc(-c3ccc4oc5nc(-c6ccccc6)c(-c6ccccc6)nc5c4c3)ccc21. The number of nitrogens with zero attached hydrogens (tertiary/aromatic N) is 3. The van der Waals surface area contributed by atoms with Crippen LogP contribution in [0.3, 0.4) is 0 Å². The summed E-state index contributed by atoms with van der Waals surface area (Å²) in [6.45, 7) is 14.2. The van der Waals surface area contributed by atoms with Crippen LogP contribution in [-0.2, 0) is 0 Å². The van der Waals surface area contributed by atoms with E-state index in [0.717, 1.165) is 78.0 Å². The third-order valence-corrected chi connectivity index (χ3v) is 8.06. The van der Waals surface area contributed by atoms with Gasteiger partial charge in [0.25, 0.3) is 0 Å². The predicted molar refractivity (Wildman–Crippen MR) is 191 cm³/mol. The van der Waals surface area contributed by atoms with Crippen molar-refractivity contribution in [2.75, 3.05) is 0 Å². The number of hydrogen-bond donors (Lipinski definition) is 0. The largest absolute Gasteiger partial charge is 0.436 e. The molecule has 3 aromatic heterocycles. The van der Waals surface area contributed by atoms with Crippen LogP contribution in [0.2, 0.25) is 0 Å². The zero-order chi connectivity index (χ0) is 30.9. The van der Waals surface area contributed by atoms with E-state index >= 15 is 0 Å². The monoisotopic (exact) mass is 581 g/mol. The van der Waals surface area contributed by atoms with Crippen LogP contribution in [0.25, 0.3) is 84.6 Å². The first-order valence-corrected chi connectivity index (χ1v) is 14.9. The molecule has 0 aliphatic carbocycles. The molecular weight excluding hydrogens is 550 g/mol. The third kappa shape index (κ3) is 4.73. The van der Waals surface area contributed by atoms with Crippen molar-refractivity contribution < 1.29 is 4.42 Å². The van der Waals surface area contributed by atoms with E-state index in [-0.39, 0.29) is 0 Å². The molecule has 0 bridgehead atoms. The highest BCUT2D eigenvalue weighted by Gasteiger charge is 2.19. The van der Waals surface area contributed by atoms with Crippen molar-refractivity contribution in [2.24, 2.45) is 0 Å². The lowest BCUT2D eigenvalue weighted by molar-refractivity contribution is 0.653. The standard InChI is InChI=1S/C41H31N3O/c1-5-15-31(16-6-2)44-35(8-4)32(7-3)33-25-29(21-23-36(33)44)30-22-24-37-34(26-30)40-41(45-37)43-39(28-19-13-10-14-20-28)38(42-40)27-17-11-9-12-18-27/h5-26H,1,3-4H2,2H3/b16-6-,31-15+. The summed E-state index contributed by atoms with van der Waals surface area (Å²) >= 11 is 0. The van der Waals surface area contributed by atoms with Crippen LogP contribution in [0.5, 0.6) is 0 Å². The Hall–Kier alpha value is -6.00. The maximum Gasteiger partial charge on any atom is 0.246 e. The number of allylic oxidation sites excluding steroid dienone is 5. The van der Waals surface area contributed by atoms with Gasteiger partial charge in [-0.25, -0.2) is 9.97 Å². The summed E-state index contributed by atoms with van der Waals surface area (Å²) in [6.07, 6.45) is 11.7. The van der Waals surface area contributed by atoms with E-state index < -0.39 is 0 Å². The van der Waals surface area contributed by atoms with Crippen LogP contribution in [0.15, 0.2) is 146 Å². The van der Waals surface area contributed by atoms with Gasteiger partial charge in [0.15, 0.2) is 0 Å². The second-order valence-electron chi connectivity index (χ2n) is 10.7. The van der Waals surface area contributed by atoms with Crippen molar-refractivity contribution >= 4 is 51.0 Å². The van der Waals surface area contributed by atoms with Crippen molar-refractivity contribution in [2.45, 2.75) is 6.92 Å². The molecule has 0 unspecified atom stereocenters. The summed E-state index contributed by atoms with van der Waals surface area (Å²) in [4.78, 5) is 10.2. The average Bonchev–Trinajstić information content (AvgIpc) is 3.62. The molecule has 4 aromatic carbocycles. The van der Waals surface area contributed by atoms with Crippen molar-refractivity contribution in [3.05, 3.63) is 152 Å². The fourth-order valence-electron chi connectivity index (χ4n) is 6.05. The molecule has 0 radical (unpaired) electrons. The van der Waals surface area contributed by atoms with Crippen LogP contribution >= 0.6 is 0 Å². The molecule has 0 aliphatic rings. The quantitative estimate of drug-likeness (QED) is 0.168. The molecule has 0 N–H and O–H groups in total. The van der Waals surface area contributed by atoms with E-state index in [1.807, 2.05) is 73.7 Å². The van der Waals surface area contributed by atoms with E-state index in [2.05, 4.69) is 85.0 Å². The first-order chi connectivity index (χ1) is 22.1. The summed E-state index contributed by atoms with van der Waals surface area (Å²) in [6, 6.07) is 33.1. The topological polar surface area (TPSA) is 43.9 Å². The fourth-order valence-corrected chi connectivity index (χ4v) is 6.05. The number of hydrogen-bond acceptors (Lipinski definition) is 3. The summed E-state index contributed by atoms with van der Waals surface area (Å²) in [5, 5.41) is 2.01. The van der Waals surface area contributed by atoms with Crippen LogP contribution in [0, 0.1) is 0 Å². The lowest BCUT2D eigenvalue weighted by Crippen LogP contribution is -1.97. The Morgan fingerprint density at radius 2 is 1.36 bits per heavy atom. The Bertz CT molecular complexity index is 2320. The molecule has 0 spiro atoms. The van der Waals surface area contributed by atoms with Crippen LogP contribution < -0.4 is 0 Å². The van der Waals surface area contributed by atoms with Gasteiger partial charge in [-0.05, 0) is 60.5 Å². The van der Waals surface area contributed by atoms with E-state index in [1.165, 1.54) is 0 Å². The van der Waals surface area contributed by atoms with Crippen LogP contribution in [-0.4, -0.2) is 14.5 Å². The minimum Gasteiger partial charge on any atom is -0.436 e. The summed E-state index contributed by atoms with van der Waals surface area (Å²) < 4.78 is 8.48. The Kier molecular flexibility index (Phi) is 7.16. The molecule has 0 aliphatic heterocycles. The maximum absolute atomic E-state index is 6.29. The minimum absolute atomic E-state index is 0.517. The molecule has 45 heavy (non-hydrogen) atoms. The molecule has 3 heterocycles. The predicted octanol–water partition coefficient (Wildman–Crippen LogP) is 11.2. The lowest BCUT2D eigenvalue weighted by atomic mass is 10.0. The van der Waals surface area contributed by atoms with Gasteiger partial charge in [0, 0.05) is 33.2 Å². The number of furan rings is 1. The molecule has 0 fully saturated rings. The summed E-state index contributed by atoms with van der Waals surface area (Å²) in [7, 11) is 0. The molecular formula is C41H31N3O. The Morgan fingerprint density at radius 1 is 0.711 bits per heavy atom. The lowest BCUT2D eigenvalue weighted by Gasteiger charge is -2.10. The number of rotatable bonds is 8. The molecule has 216 valence electrons. The summed E-state index contributed by atoms with van der Waals surface area (Å²) in [5.74, 6) is 0. The molecule has 7 rings (SSSR count). The van der Waals surface area contributed by atoms with E-state index in [1.54, 1.807) is 6.08 Å². The normalized spacial score (nSPS) is 12.0. The number of benzene rings is 4. The molecule has 4 nitrogen and oxygen atoms in total. The number of fused-ring (bicyclic) bond motifs is 4. The Labute approximate surface area is 262 Å². The Morgan fingerprint density at radius 3 is 1.98 bits per heavy atom. The molecule has 4 heteroatoms. The summed E-state index contributed by atoms with van der Waals surface area (Å²) in [5.41, 5.74) is 11.8. The van der Waals surface area contributed by atoms with E-state index in [4.69, 9.17) is 14.4 Å². The average molecular weight is 582 g/mol. The van der Waals surface area contributed by atoms with Crippen LogP contribution in [0.4, 0.5) is 0 Å². The van der Waals surface area contributed by atoms with Gasteiger partial charge < -0.3 is 8.98 Å². The molecule has 0 saturated heterocycles. The smallest absolute Gasteiger partial charge is 0.246 e. The first kappa shape index (κ1) is 27.8. The fraction of sp³-hybridized carbons (Fsp3) is 0.0244. The highest BCUT2D eigenvalue weighted by molar-refractivity contribution is 6.05. The highest BCUT2D eigenvalue weighted by atomic mass is 16.3. The first-order valence-electron chi connectivity index (χ1n) is 14.9. The molecule has 0 amide bonds. The molecule has 0 saturated carbocycles. The van der Waals surface area contributed by atoms with Crippen molar-refractivity contribution in [3.63, 3.8) is 0 Å². The zero-order valence-electron chi connectivity index (χ0n) is 25.1. The molecule has 7 aromatic rings. The van der Waals surface area contributed by atoms with Gasteiger partial charge in [-0.15, -0.1) is 0 Å². The minimum atomic E-state index is 0.517. The molecule has 0 atom stereocenters. The van der Waals surface area contributed by atoms with Gasteiger partial charge in [0.1, 0.15) is 16.8 Å². The van der Waals surface area contributed by atoms with E-state index in [9.17, 15) is 0 Å². The van der Waals surface area contributed by atoms with Crippen LogP contribution in [0.1, 0.15) is 18.2 Å². The third-order valence-electron chi connectivity index (χ3n) is 8.06. The second-order valence-corrected chi connectivity index (χ2v) is 10.7. The maximum atomic E-state index is 6.29. The highest BCUT2D eigenvalue weighted by Crippen LogP contribution is 2.38. The second kappa shape index (κ2) is 11.6. The zero-order valence-corrected chi connectivity index (χ0v) is 25.1. The van der Waals surface area contributed by atoms with Crippen molar-refractivity contribution in [1.82, 2.24) is 14.5 Å². The van der Waals surface area contributed by atoms with Gasteiger partial charge in [0.2, 0.25) is 5.71 Å². The van der Waals surface area contributed by atoms with Gasteiger partial charge >= 0.3 is 0 Å². The van der Waals surface area contributed by atoms with Gasteiger partial charge in [-0.3, -0.25) is 0 Å². The van der Waals surface area contributed by atoms with Gasteiger partial charge in [-0.2, -0.15) is 0 Å². The number of aromatic nitrogens is 3. The van der Waals surface area contributed by atoms with Crippen molar-refractivity contribution in [3.8, 4) is 33.6 Å². The Balaban J connectivity index is 1.43.